The Bertz CT molecular complexity index is 392. The first-order valence-corrected chi connectivity index (χ1v) is 5.42. The van der Waals surface area contributed by atoms with Crippen LogP contribution in [0.3, 0.4) is 0 Å². The van der Waals surface area contributed by atoms with Gasteiger partial charge in [-0.2, -0.15) is 0 Å². The van der Waals surface area contributed by atoms with Gasteiger partial charge in [0.05, 0.1) is 11.0 Å². The van der Waals surface area contributed by atoms with Gasteiger partial charge in [-0.3, -0.25) is 10.1 Å². The van der Waals surface area contributed by atoms with Crippen LogP contribution < -0.4 is 4.90 Å². The van der Waals surface area contributed by atoms with Gasteiger partial charge in [0, 0.05) is 19.2 Å². The van der Waals surface area contributed by atoms with E-state index in [1.54, 1.807) is 6.07 Å². The number of piperidine rings is 1. The molecule has 1 saturated heterocycles. The third-order valence-corrected chi connectivity index (χ3v) is 2.64. The maximum absolute atomic E-state index is 10.1. The van der Waals surface area contributed by atoms with Crippen LogP contribution in [0.25, 0.3) is 6.08 Å². The normalized spacial score (nSPS) is 16.9. The zero-order valence-electron chi connectivity index (χ0n) is 8.96. The van der Waals surface area contributed by atoms with Crippen molar-refractivity contribution >= 4 is 12.0 Å². The summed E-state index contributed by atoms with van der Waals surface area (Å²) in [5.41, 5.74) is 0. The Kier molecular flexibility index (Phi) is 3.24. The molecule has 0 unspecified atom stereocenters. The predicted molar refractivity (Wildman–Crippen MR) is 60.8 cm³/mol. The van der Waals surface area contributed by atoms with Crippen molar-refractivity contribution in [3.8, 4) is 0 Å². The Labute approximate surface area is 93.5 Å². The molecule has 5 nitrogen and oxygen atoms in total. The van der Waals surface area contributed by atoms with E-state index in [0.29, 0.717) is 5.76 Å². The third-order valence-electron chi connectivity index (χ3n) is 2.64. The van der Waals surface area contributed by atoms with Gasteiger partial charge in [0.15, 0.2) is 5.88 Å². The molecule has 0 amide bonds. The molecule has 0 aliphatic carbocycles. The SMILES string of the molecule is O=[N+]([O-])/C=C/c1ccc(N2CCCCC2)o1. The highest BCUT2D eigenvalue weighted by atomic mass is 16.6. The summed E-state index contributed by atoms with van der Waals surface area (Å²) in [7, 11) is 0. The lowest BCUT2D eigenvalue weighted by molar-refractivity contribution is -0.401. The van der Waals surface area contributed by atoms with Gasteiger partial charge < -0.3 is 9.32 Å². The van der Waals surface area contributed by atoms with Crippen molar-refractivity contribution < 1.29 is 9.34 Å². The van der Waals surface area contributed by atoms with E-state index in [-0.39, 0.29) is 0 Å². The van der Waals surface area contributed by atoms with E-state index in [0.717, 1.165) is 25.2 Å². The van der Waals surface area contributed by atoms with Crippen molar-refractivity contribution in [3.05, 3.63) is 34.2 Å². The average molecular weight is 222 g/mol. The molecule has 1 aromatic rings. The molecule has 0 spiro atoms. The number of hydrogen-bond acceptors (Lipinski definition) is 4. The fraction of sp³-hybridized carbons (Fsp3) is 0.455. The first kappa shape index (κ1) is 10.7. The van der Waals surface area contributed by atoms with Crippen molar-refractivity contribution in [2.45, 2.75) is 19.3 Å². The number of furan rings is 1. The quantitative estimate of drug-likeness (QED) is 0.582. The Morgan fingerprint density at radius 1 is 1.31 bits per heavy atom. The van der Waals surface area contributed by atoms with Crippen LogP contribution in [0, 0.1) is 10.1 Å². The minimum atomic E-state index is -0.497. The Hall–Kier alpha value is -1.78. The van der Waals surface area contributed by atoms with E-state index in [2.05, 4.69) is 4.90 Å². The van der Waals surface area contributed by atoms with Crippen molar-refractivity contribution in [1.29, 1.82) is 0 Å². The molecule has 2 heterocycles. The third kappa shape index (κ3) is 2.62. The second-order valence-electron chi connectivity index (χ2n) is 3.82. The van der Waals surface area contributed by atoms with Gasteiger partial charge >= 0.3 is 0 Å². The number of hydrogen-bond donors (Lipinski definition) is 0. The number of anilines is 1. The van der Waals surface area contributed by atoms with Gasteiger partial charge in [0.2, 0.25) is 6.20 Å². The summed E-state index contributed by atoms with van der Waals surface area (Å²) >= 11 is 0. The largest absolute Gasteiger partial charge is 0.441 e. The lowest BCUT2D eigenvalue weighted by Crippen LogP contribution is -2.28. The lowest BCUT2D eigenvalue weighted by atomic mass is 10.1. The van der Waals surface area contributed by atoms with Crippen molar-refractivity contribution in [3.63, 3.8) is 0 Å². The average Bonchev–Trinajstić information content (AvgIpc) is 2.76. The monoisotopic (exact) mass is 222 g/mol. The fourth-order valence-electron chi connectivity index (χ4n) is 1.85. The maximum atomic E-state index is 10.1. The van der Waals surface area contributed by atoms with Crippen LogP contribution in [0.2, 0.25) is 0 Å². The molecule has 0 saturated carbocycles. The Morgan fingerprint density at radius 2 is 2.06 bits per heavy atom. The maximum Gasteiger partial charge on any atom is 0.238 e. The highest BCUT2D eigenvalue weighted by Gasteiger charge is 2.13. The molecule has 0 atom stereocenters. The summed E-state index contributed by atoms with van der Waals surface area (Å²) in [6.45, 7) is 2.01. The van der Waals surface area contributed by atoms with E-state index >= 15 is 0 Å². The molecule has 0 bridgehead atoms. The molecular weight excluding hydrogens is 208 g/mol. The second kappa shape index (κ2) is 4.83. The summed E-state index contributed by atoms with van der Waals surface area (Å²) < 4.78 is 5.51. The predicted octanol–water partition coefficient (Wildman–Crippen LogP) is 2.52. The molecule has 1 aliphatic rings. The number of nitrogens with zero attached hydrogens (tertiary/aromatic N) is 2. The lowest BCUT2D eigenvalue weighted by Gasteiger charge is -2.25. The van der Waals surface area contributed by atoms with Gasteiger partial charge in [-0.05, 0) is 25.3 Å². The van der Waals surface area contributed by atoms with E-state index in [4.69, 9.17) is 4.42 Å². The molecule has 2 rings (SSSR count). The molecule has 16 heavy (non-hydrogen) atoms. The summed E-state index contributed by atoms with van der Waals surface area (Å²) in [4.78, 5) is 11.8. The van der Waals surface area contributed by atoms with Crippen LogP contribution in [0.1, 0.15) is 25.0 Å². The molecule has 0 radical (unpaired) electrons. The van der Waals surface area contributed by atoms with Crippen molar-refractivity contribution in [2.24, 2.45) is 0 Å². The molecule has 0 N–H and O–H groups in total. The van der Waals surface area contributed by atoms with Gasteiger partial charge in [-0.25, -0.2) is 0 Å². The van der Waals surface area contributed by atoms with Crippen LogP contribution >= 0.6 is 0 Å². The van der Waals surface area contributed by atoms with E-state index in [1.807, 2.05) is 6.07 Å². The van der Waals surface area contributed by atoms with Gasteiger partial charge in [0.25, 0.3) is 0 Å². The van der Waals surface area contributed by atoms with E-state index in [1.165, 1.54) is 25.3 Å². The molecule has 1 aliphatic heterocycles. The van der Waals surface area contributed by atoms with Crippen molar-refractivity contribution in [1.82, 2.24) is 0 Å². The summed E-state index contributed by atoms with van der Waals surface area (Å²) in [6, 6.07) is 3.62. The van der Waals surface area contributed by atoms with Crippen LogP contribution in [-0.2, 0) is 0 Å². The molecule has 86 valence electrons. The Balaban J connectivity index is 2.03. The fourth-order valence-corrected chi connectivity index (χ4v) is 1.85. The topological polar surface area (TPSA) is 59.5 Å². The molecule has 1 aromatic heterocycles. The minimum Gasteiger partial charge on any atom is -0.441 e. The molecule has 5 heteroatoms. The van der Waals surface area contributed by atoms with Gasteiger partial charge in [0.1, 0.15) is 5.76 Å². The van der Waals surface area contributed by atoms with E-state index < -0.39 is 4.92 Å². The van der Waals surface area contributed by atoms with Crippen molar-refractivity contribution in [2.75, 3.05) is 18.0 Å². The summed E-state index contributed by atoms with van der Waals surface area (Å²) in [6.07, 6.45) is 5.89. The standard InChI is InChI=1S/C11H14N2O3/c14-13(15)9-6-10-4-5-11(16-10)12-7-2-1-3-8-12/h4-6,9H,1-3,7-8H2/b9-6+. The minimum absolute atomic E-state index is 0.497. The number of rotatable bonds is 3. The second-order valence-corrected chi connectivity index (χ2v) is 3.82. The van der Waals surface area contributed by atoms with Crippen LogP contribution in [0.5, 0.6) is 0 Å². The zero-order chi connectivity index (χ0) is 11.4. The molecule has 1 fully saturated rings. The molecular formula is C11H14N2O3. The molecule has 0 aromatic carbocycles. The van der Waals surface area contributed by atoms with E-state index in [9.17, 15) is 10.1 Å². The number of nitro groups is 1. The van der Waals surface area contributed by atoms with Crippen LogP contribution in [0.15, 0.2) is 22.7 Å². The highest BCUT2D eigenvalue weighted by Crippen LogP contribution is 2.22. The summed E-state index contributed by atoms with van der Waals surface area (Å²) in [5, 5.41) is 10.1. The first-order valence-electron chi connectivity index (χ1n) is 5.42. The highest BCUT2D eigenvalue weighted by molar-refractivity contribution is 5.47. The van der Waals surface area contributed by atoms with Crippen LogP contribution in [0.4, 0.5) is 5.88 Å². The van der Waals surface area contributed by atoms with Gasteiger partial charge in [-0.15, -0.1) is 0 Å². The Morgan fingerprint density at radius 3 is 2.75 bits per heavy atom. The summed E-state index contributed by atoms with van der Waals surface area (Å²) in [5.74, 6) is 1.33. The smallest absolute Gasteiger partial charge is 0.238 e. The van der Waals surface area contributed by atoms with Gasteiger partial charge in [-0.1, -0.05) is 0 Å². The first-order chi connectivity index (χ1) is 7.75. The van der Waals surface area contributed by atoms with Crippen LogP contribution in [-0.4, -0.2) is 18.0 Å². The zero-order valence-corrected chi connectivity index (χ0v) is 8.96.